The van der Waals surface area contributed by atoms with E-state index in [2.05, 4.69) is 34.1 Å². The number of thioether (sulfide) groups is 1. The molecule has 0 aliphatic heterocycles. The molecule has 4 rings (SSSR count). The molecule has 0 radical (unpaired) electrons. The van der Waals surface area contributed by atoms with Gasteiger partial charge in [0.05, 0.1) is 18.1 Å². The molecule has 0 aliphatic carbocycles. The Hall–Kier alpha value is -2.71. The van der Waals surface area contributed by atoms with Crippen LogP contribution in [0.25, 0.3) is 15.9 Å². The van der Waals surface area contributed by atoms with Crippen LogP contribution >= 0.6 is 23.1 Å². The maximum atomic E-state index is 12.6. The molecule has 1 atom stereocenters. The highest BCUT2D eigenvalue weighted by molar-refractivity contribution is 8.00. The van der Waals surface area contributed by atoms with Crippen molar-refractivity contribution in [3.05, 3.63) is 64.8 Å². The number of aryl methyl sites for hydroxylation is 3. The molecule has 30 heavy (non-hydrogen) atoms. The van der Waals surface area contributed by atoms with Crippen molar-refractivity contribution in [1.82, 2.24) is 24.8 Å². The lowest BCUT2D eigenvalue weighted by atomic mass is 10.1. The number of thiophene rings is 1. The van der Waals surface area contributed by atoms with E-state index in [9.17, 15) is 4.79 Å². The Morgan fingerprint density at radius 1 is 1.20 bits per heavy atom. The number of rotatable bonds is 6. The Morgan fingerprint density at radius 3 is 2.67 bits per heavy atom. The van der Waals surface area contributed by atoms with E-state index >= 15 is 0 Å². The zero-order valence-electron chi connectivity index (χ0n) is 17.3. The van der Waals surface area contributed by atoms with Crippen molar-refractivity contribution in [1.29, 1.82) is 0 Å². The maximum absolute atomic E-state index is 12.6. The van der Waals surface area contributed by atoms with Crippen molar-refractivity contribution in [3.8, 4) is 5.69 Å². The first-order valence-electron chi connectivity index (χ1n) is 9.67. The number of imidazole rings is 1. The second kappa shape index (κ2) is 8.57. The number of hydrogen-bond donors (Lipinski definition) is 1. The van der Waals surface area contributed by atoms with Gasteiger partial charge in [0, 0.05) is 28.3 Å². The van der Waals surface area contributed by atoms with Gasteiger partial charge in [-0.3, -0.25) is 4.79 Å². The minimum atomic E-state index is -0.0766. The van der Waals surface area contributed by atoms with Gasteiger partial charge in [-0.25, -0.2) is 15.0 Å². The average molecular weight is 438 g/mol. The third-order valence-electron chi connectivity index (χ3n) is 5.02. The second-order valence-corrected chi connectivity index (χ2v) is 9.35. The quantitative estimate of drug-likeness (QED) is 0.347. The number of aromatic nitrogens is 4. The summed E-state index contributed by atoms with van der Waals surface area (Å²) in [6.45, 7) is 8.07. The van der Waals surface area contributed by atoms with Gasteiger partial charge in [0.1, 0.15) is 15.7 Å². The van der Waals surface area contributed by atoms with Gasteiger partial charge in [-0.2, -0.15) is 0 Å². The predicted octanol–water partition coefficient (Wildman–Crippen LogP) is 4.77. The number of hydrogen-bond acceptors (Lipinski definition) is 6. The Balaban J connectivity index is 1.41. The zero-order chi connectivity index (χ0) is 21.3. The summed E-state index contributed by atoms with van der Waals surface area (Å²) in [5, 5.41) is 5.04. The summed E-state index contributed by atoms with van der Waals surface area (Å²) < 4.78 is 1.95. The van der Waals surface area contributed by atoms with Crippen LogP contribution in [0, 0.1) is 20.8 Å². The number of amides is 1. The number of fused-ring (bicyclic) bond motifs is 1. The first kappa shape index (κ1) is 20.6. The van der Waals surface area contributed by atoms with E-state index in [1.54, 1.807) is 23.9 Å². The molecular weight excluding hydrogens is 414 g/mol. The molecule has 0 spiro atoms. The van der Waals surface area contributed by atoms with E-state index in [0.717, 1.165) is 32.3 Å². The minimum absolute atomic E-state index is 0.0137. The molecule has 6 nitrogen and oxygen atoms in total. The molecule has 0 saturated heterocycles. The van der Waals surface area contributed by atoms with Crippen LogP contribution in [0.5, 0.6) is 0 Å². The van der Waals surface area contributed by atoms with Crippen molar-refractivity contribution in [2.24, 2.45) is 0 Å². The highest BCUT2D eigenvalue weighted by Gasteiger charge is 2.16. The zero-order valence-corrected chi connectivity index (χ0v) is 19.0. The Bertz CT molecular complexity index is 1180. The average Bonchev–Trinajstić information content (AvgIpc) is 3.35. The van der Waals surface area contributed by atoms with Crippen LogP contribution in [-0.2, 0) is 4.79 Å². The molecule has 3 aromatic heterocycles. The molecule has 8 heteroatoms. The fourth-order valence-electron chi connectivity index (χ4n) is 3.27. The molecule has 1 amide bonds. The third kappa shape index (κ3) is 4.24. The number of carbonyl (C=O) groups is 1. The molecule has 3 heterocycles. The molecule has 0 aliphatic rings. The van der Waals surface area contributed by atoms with E-state index in [1.807, 2.05) is 48.9 Å². The van der Waals surface area contributed by atoms with Gasteiger partial charge >= 0.3 is 0 Å². The molecule has 0 fully saturated rings. The smallest absolute Gasteiger partial charge is 0.230 e. The van der Waals surface area contributed by atoms with Crippen molar-refractivity contribution in [2.45, 2.75) is 38.8 Å². The lowest BCUT2D eigenvalue weighted by molar-refractivity contribution is -0.119. The summed E-state index contributed by atoms with van der Waals surface area (Å²) >= 11 is 3.15. The van der Waals surface area contributed by atoms with Crippen LogP contribution in [-0.4, -0.2) is 31.2 Å². The lowest BCUT2D eigenvalue weighted by Crippen LogP contribution is -2.28. The number of benzene rings is 1. The summed E-state index contributed by atoms with van der Waals surface area (Å²) in [5.74, 6) is 1.04. The normalized spacial score (nSPS) is 12.3. The van der Waals surface area contributed by atoms with E-state index in [-0.39, 0.29) is 11.9 Å². The van der Waals surface area contributed by atoms with Gasteiger partial charge in [-0.1, -0.05) is 23.9 Å². The third-order valence-corrected chi connectivity index (χ3v) is 7.10. The number of carbonyl (C=O) groups excluding carboxylic acids is 1. The van der Waals surface area contributed by atoms with Crippen LogP contribution in [0.3, 0.4) is 0 Å². The standard InChI is InChI=1S/C22H23N5OS2/c1-13-15(3)30-22-20(13)21(25-16(4)26-22)29-11-19(28)24-14(2)17-5-7-18(8-6-17)27-10-9-23-12-27/h5-10,12,14H,11H2,1-4H3,(H,24,28). The summed E-state index contributed by atoms with van der Waals surface area (Å²) in [6.07, 6.45) is 5.42. The number of nitrogens with zero attached hydrogens (tertiary/aromatic N) is 4. The highest BCUT2D eigenvalue weighted by atomic mass is 32.2. The first-order chi connectivity index (χ1) is 14.4. The van der Waals surface area contributed by atoms with Crippen molar-refractivity contribution in [3.63, 3.8) is 0 Å². The molecule has 1 unspecified atom stereocenters. The van der Waals surface area contributed by atoms with Gasteiger partial charge in [-0.05, 0) is 51.0 Å². The summed E-state index contributed by atoms with van der Waals surface area (Å²) in [7, 11) is 0. The van der Waals surface area contributed by atoms with Crippen LogP contribution in [0.15, 0.2) is 48.0 Å². The van der Waals surface area contributed by atoms with Crippen molar-refractivity contribution < 1.29 is 4.79 Å². The van der Waals surface area contributed by atoms with Crippen LogP contribution < -0.4 is 5.32 Å². The fourth-order valence-corrected chi connectivity index (χ4v) is 5.35. The van der Waals surface area contributed by atoms with Crippen LogP contribution in [0.1, 0.15) is 34.8 Å². The van der Waals surface area contributed by atoms with Crippen LogP contribution in [0.2, 0.25) is 0 Å². The summed E-state index contributed by atoms with van der Waals surface area (Å²) in [6, 6.07) is 8.03. The van der Waals surface area contributed by atoms with Gasteiger partial charge in [0.2, 0.25) is 5.91 Å². The molecule has 1 aromatic carbocycles. The Labute approximate surface area is 183 Å². The SMILES string of the molecule is Cc1nc(SCC(=O)NC(C)c2ccc(-n3ccnc3)cc2)c2c(C)c(C)sc2n1. The molecule has 4 aromatic rings. The topological polar surface area (TPSA) is 72.7 Å². The predicted molar refractivity (Wildman–Crippen MR) is 122 cm³/mol. The monoisotopic (exact) mass is 437 g/mol. The molecule has 1 N–H and O–H groups in total. The first-order valence-corrected chi connectivity index (χ1v) is 11.5. The summed E-state index contributed by atoms with van der Waals surface area (Å²) in [5.41, 5.74) is 3.29. The minimum Gasteiger partial charge on any atom is -0.349 e. The number of nitrogens with one attached hydrogen (secondary N) is 1. The Morgan fingerprint density at radius 2 is 1.97 bits per heavy atom. The van der Waals surface area contributed by atoms with E-state index in [4.69, 9.17) is 0 Å². The molecule has 0 saturated carbocycles. The van der Waals surface area contributed by atoms with Crippen LogP contribution in [0.4, 0.5) is 0 Å². The second-order valence-electron chi connectivity index (χ2n) is 7.18. The lowest BCUT2D eigenvalue weighted by Gasteiger charge is -2.15. The van der Waals surface area contributed by atoms with E-state index < -0.39 is 0 Å². The van der Waals surface area contributed by atoms with Gasteiger partial charge < -0.3 is 9.88 Å². The molecule has 0 bridgehead atoms. The Kier molecular flexibility index (Phi) is 5.87. The molecular formula is C22H23N5OS2. The van der Waals surface area contributed by atoms with Gasteiger partial charge in [0.15, 0.2) is 0 Å². The van der Waals surface area contributed by atoms with E-state index in [1.165, 1.54) is 22.2 Å². The largest absolute Gasteiger partial charge is 0.349 e. The fraction of sp³-hybridized carbons (Fsp3) is 0.273. The highest BCUT2D eigenvalue weighted by Crippen LogP contribution is 2.35. The van der Waals surface area contributed by atoms with Crippen molar-refractivity contribution >= 4 is 39.2 Å². The van der Waals surface area contributed by atoms with Gasteiger partial charge in [-0.15, -0.1) is 11.3 Å². The van der Waals surface area contributed by atoms with E-state index in [0.29, 0.717) is 5.75 Å². The summed E-state index contributed by atoms with van der Waals surface area (Å²) in [4.78, 5) is 28.0. The molecule has 154 valence electrons. The van der Waals surface area contributed by atoms with Gasteiger partial charge in [0.25, 0.3) is 0 Å². The van der Waals surface area contributed by atoms with Crippen molar-refractivity contribution in [2.75, 3.05) is 5.75 Å². The maximum Gasteiger partial charge on any atom is 0.230 e.